The van der Waals surface area contributed by atoms with Gasteiger partial charge in [0.1, 0.15) is 0 Å². The first kappa shape index (κ1) is 17.7. The first-order chi connectivity index (χ1) is 12.0. The quantitative estimate of drug-likeness (QED) is 0.637. The maximum atomic E-state index is 14.3. The Morgan fingerprint density at radius 3 is 2.72 bits per heavy atom. The van der Waals surface area contributed by atoms with Crippen LogP contribution in [0.25, 0.3) is 0 Å². The number of halogens is 2. The normalized spacial score (nSPS) is 13.6. The van der Waals surface area contributed by atoms with Crippen LogP contribution in [0.5, 0.6) is 0 Å². The summed E-state index contributed by atoms with van der Waals surface area (Å²) in [6, 6.07) is 11.3. The molecule has 0 aliphatic heterocycles. The van der Waals surface area contributed by atoms with E-state index in [1.807, 2.05) is 25.1 Å². The predicted molar refractivity (Wildman–Crippen MR) is 91.7 cm³/mol. The molecule has 0 amide bonds. The van der Waals surface area contributed by atoms with Crippen LogP contribution in [0.2, 0.25) is 5.32 Å². The van der Waals surface area contributed by atoms with Crippen LogP contribution < -0.4 is 4.46 Å². The minimum absolute atomic E-state index is 0.0448. The number of benzene rings is 2. The third-order valence-corrected chi connectivity index (χ3v) is 6.33. The van der Waals surface area contributed by atoms with Crippen LogP contribution in [-0.4, -0.2) is 34.8 Å². The molecule has 0 spiro atoms. The minimum atomic E-state index is -1.50. The molecule has 1 N–H and O–H groups in total. The van der Waals surface area contributed by atoms with Gasteiger partial charge in [-0.1, -0.05) is 0 Å². The van der Waals surface area contributed by atoms with Crippen LogP contribution in [0.4, 0.5) is 8.78 Å². The molecule has 0 fully saturated rings. The van der Waals surface area contributed by atoms with Crippen molar-refractivity contribution in [1.29, 1.82) is 0 Å². The molecule has 3 aromatic rings. The fraction of sp³-hybridized carbons (Fsp3) is 0.222. The Morgan fingerprint density at radius 2 is 2.04 bits per heavy atom. The molecule has 1 heterocycles. The number of aromatic nitrogens is 3. The first-order valence-electron chi connectivity index (χ1n) is 7.66. The van der Waals surface area contributed by atoms with Crippen molar-refractivity contribution in [2.24, 2.45) is 0 Å². The molecule has 7 heteroatoms. The average molecular weight is 408 g/mol. The van der Waals surface area contributed by atoms with Crippen molar-refractivity contribution in [2.45, 2.75) is 24.4 Å². The number of nitrogens with zero attached hydrogens (tertiary/aromatic N) is 3. The van der Waals surface area contributed by atoms with Crippen molar-refractivity contribution >= 4 is 19.4 Å². The Kier molecular flexibility index (Phi) is 5.27. The second-order valence-electron chi connectivity index (χ2n) is 5.85. The van der Waals surface area contributed by atoms with Crippen LogP contribution in [0.1, 0.15) is 11.1 Å². The van der Waals surface area contributed by atoms with Crippen molar-refractivity contribution in [3.8, 4) is 0 Å². The molecule has 0 saturated carbocycles. The van der Waals surface area contributed by atoms with Crippen LogP contribution in [-0.2, 0) is 12.1 Å². The molecule has 0 aliphatic carbocycles. The molecule has 0 aliphatic rings. The Balaban J connectivity index is 1.90. The van der Waals surface area contributed by atoms with Gasteiger partial charge in [-0.15, -0.1) is 0 Å². The Hall–Kier alpha value is -2.08. The van der Waals surface area contributed by atoms with E-state index in [0.717, 1.165) is 22.2 Å². The third-order valence-electron chi connectivity index (χ3n) is 3.79. The Bertz CT molecular complexity index is 857. The molecule has 0 radical (unpaired) electrons. The molecule has 130 valence electrons. The summed E-state index contributed by atoms with van der Waals surface area (Å²) in [5, 5.41) is 15.5. The summed E-state index contributed by atoms with van der Waals surface area (Å²) < 4.78 is 30.1. The van der Waals surface area contributed by atoms with E-state index in [1.165, 1.54) is 23.4 Å². The monoisotopic (exact) mass is 409 g/mol. The number of rotatable bonds is 6. The zero-order chi connectivity index (χ0) is 17.9. The second-order valence-corrected chi connectivity index (χ2v) is 8.05. The number of aryl methyl sites for hydroxylation is 1. The van der Waals surface area contributed by atoms with Gasteiger partial charge in [-0.25, -0.2) is 0 Å². The van der Waals surface area contributed by atoms with E-state index in [9.17, 15) is 13.9 Å². The molecule has 0 saturated heterocycles. The van der Waals surface area contributed by atoms with Crippen molar-refractivity contribution in [3.05, 3.63) is 77.9 Å². The van der Waals surface area contributed by atoms with Gasteiger partial charge in [0, 0.05) is 0 Å². The molecule has 0 bridgehead atoms. The van der Waals surface area contributed by atoms with Gasteiger partial charge < -0.3 is 0 Å². The molecule has 1 aromatic heterocycles. The molecule has 4 nitrogen and oxygen atoms in total. The molecular formula is C18H17F2N3OSe. The van der Waals surface area contributed by atoms with Gasteiger partial charge in [-0.2, -0.15) is 0 Å². The topological polar surface area (TPSA) is 50.9 Å². The van der Waals surface area contributed by atoms with Crippen molar-refractivity contribution in [2.75, 3.05) is 0 Å². The van der Waals surface area contributed by atoms with Gasteiger partial charge in [0.05, 0.1) is 0 Å². The SMILES string of the molecule is Cc1cccc([Se]CC(O)(Cn2cncn2)c2ccc(F)cc2F)c1. The van der Waals surface area contributed by atoms with Crippen molar-refractivity contribution < 1.29 is 13.9 Å². The molecule has 3 rings (SSSR count). The number of aliphatic hydroxyl groups is 1. The summed E-state index contributed by atoms with van der Waals surface area (Å²) in [6.07, 6.45) is 2.82. The van der Waals surface area contributed by atoms with Crippen molar-refractivity contribution in [1.82, 2.24) is 14.8 Å². The summed E-state index contributed by atoms with van der Waals surface area (Å²) in [7, 11) is 0. The van der Waals surface area contributed by atoms with E-state index in [0.29, 0.717) is 5.32 Å². The van der Waals surface area contributed by atoms with Gasteiger partial charge in [-0.05, 0) is 0 Å². The summed E-state index contributed by atoms with van der Waals surface area (Å²) >= 11 is -0.0951. The van der Waals surface area contributed by atoms with Crippen LogP contribution in [0, 0.1) is 18.6 Å². The van der Waals surface area contributed by atoms with E-state index < -0.39 is 17.2 Å². The molecular weight excluding hydrogens is 391 g/mol. The Labute approximate surface area is 150 Å². The molecule has 25 heavy (non-hydrogen) atoms. The summed E-state index contributed by atoms with van der Waals surface area (Å²) in [5.41, 5.74) is -0.305. The first-order valence-corrected chi connectivity index (χ1v) is 9.73. The summed E-state index contributed by atoms with van der Waals surface area (Å²) in [6.45, 7) is 2.05. The zero-order valence-electron chi connectivity index (χ0n) is 13.6. The van der Waals surface area contributed by atoms with Gasteiger partial charge in [0.25, 0.3) is 0 Å². The fourth-order valence-corrected chi connectivity index (χ4v) is 4.87. The van der Waals surface area contributed by atoms with Gasteiger partial charge >= 0.3 is 150 Å². The van der Waals surface area contributed by atoms with E-state index in [4.69, 9.17) is 0 Å². The van der Waals surface area contributed by atoms with Crippen molar-refractivity contribution in [3.63, 3.8) is 0 Å². The van der Waals surface area contributed by atoms with E-state index in [1.54, 1.807) is 0 Å². The third kappa shape index (κ3) is 4.31. The molecule has 1 unspecified atom stereocenters. The maximum absolute atomic E-state index is 14.3. The Morgan fingerprint density at radius 1 is 1.20 bits per heavy atom. The predicted octanol–water partition coefficient (Wildman–Crippen LogP) is 2.20. The zero-order valence-corrected chi connectivity index (χ0v) is 15.3. The summed E-state index contributed by atoms with van der Waals surface area (Å²) in [5.74, 6) is -1.43. The number of hydrogen-bond acceptors (Lipinski definition) is 3. The van der Waals surface area contributed by atoms with E-state index >= 15 is 0 Å². The molecule has 2 aromatic carbocycles. The number of hydrogen-bond donors (Lipinski definition) is 1. The molecule has 1 atom stereocenters. The van der Waals surface area contributed by atoms with Crippen LogP contribution in [0.15, 0.2) is 55.1 Å². The van der Waals surface area contributed by atoms with E-state index in [2.05, 4.69) is 16.1 Å². The van der Waals surface area contributed by atoms with Gasteiger partial charge in [0.15, 0.2) is 0 Å². The average Bonchev–Trinajstić information content (AvgIpc) is 3.05. The standard InChI is InChI=1S/C18H17F2N3OSe/c1-13-3-2-4-15(7-13)25-10-18(24,9-23-12-21-11-22-23)16-6-5-14(19)8-17(16)20/h2-8,11-12,24H,9-10H2,1H3. The van der Waals surface area contributed by atoms with Gasteiger partial charge in [0.2, 0.25) is 0 Å². The van der Waals surface area contributed by atoms with E-state index in [-0.39, 0.29) is 27.1 Å². The van der Waals surface area contributed by atoms with Gasteiger partial charge in [-0.3, -0.25) is 0 Å². The fourth-order valence-electron chi connectivity index (χ4n) is 2.57. The second kappa shape index (κ2) is 7.43. The van der Waals surface area contributed by atoms with Crippen LogP contribution >= 0.6 is 0 Å². The van der Waals surface area contributed by atoms with Crippen LogP contribution in [0.3, 0.4) is 0 Å². The summed E-state index contributed by atoms with van der Waals surface area (Å²) in [4.78, 5) is 3.86.